The summed E-state index contributed by atoms with van der Waals surface area (Å²) in [4.78, 5) is 4.19. The van der Waals surface area contributed by atoms with Crippen molar-refractivity contribution in [2.75, 3.05) is 19.4 Å². The van der Waals surface area contributed by atoms with Crippen molar-refractivity contribution in [1.29, 1.82) is 0 Å². The van der Waals surface area contributed by atoms with Gasteiger partial charge in [0.15, 0.2) is 5.75 Å². The van der Waals surface area contributed by atoms with Gasteiger partial charge in [0.1, 0.15) is 12.7 Å². The van der Waals surface area contributed by atoms with Crippen LogP contribution in [0.15, 0.2) is 42.6 Å². The molecule has 1 aliphatic rings. The van der Waals surface area contributed by atoms with Crippen molar-refractivity contribution in [2.24, 2.45) is 0 Å². The zero-order valence-corrected chi connectivity index (χ0v) is 13.9. The van der Waals surface area contributed by atoms with Gasteiger partial charge in [-0.1, -0.05) is 36.2 Å². The minimum Gasteiger partial charge on any atom is -0.484 e. The molecule has 0 saturated carbocycles. The average molecular weight is 331 g/mol. The molecule has 1 aromatic heterocycles. The van der Waals surface area contributed by atoms with Crippen LogP contribution < -0.4 is 19.5 Å². The molecule has 1 aromatic carbocycles. The minimum atomic E-state index is -0.0116. The van der Waals surface area contributed by atoms with E-state index in [0.29, 0.717) is 12.5 Å². The molecule has 23 heavy (non-hydrogen) atoms. The summed E-state index contributed by atoms with van der Waals surface area (Å²) in [5.41, 5.74) is 2.54. The van der Waals surface area contributed by atoms with Gasteiger partial charge in [0.05, 0.1) is 0 Å². The van der Waals surface area contributed by atoms with Crippen molar-refractivity contribution in [3.63, 3.8) is 0 Å². The Kier molecular flexibility index (Phi) is 5.74. The third kappa shape index (κ3) is 4.60. The Bertz CT molecular complexity index is 621. The Morgan fingerprint density at radius 3 is 2.74 bits per heavy atom. The lowest BCUT2D eigenvalue weighted by Crippen LogP contribution is -2.38. The number of pyridine rings is 1. The van der Waals surface area contributed by atoms with Gasteiger partial charge in [-0.2, -0.15) is 0 Å². The van der Waals surface area contributed by atoms with Crippen LogP contribution in [0.25, 0.3) is 0 Å². The van der Waals surface area contributed by atoms with Crippen LogP contribution >= 0.6 is 11.9 Å². The van der Waals surface area contributed by atoms with Gasteiger partial charge in [0.2, 0.25) is 0 Å². The fraction of sp³-hybridized carbons (Fsp3) is 0.353. The van der Waals surface area contributed by atoms with Crippen molar-refractivity contribution in [1.82, 2.24) is 15.0 Å². The molecule has 0 amide bonds. The van der Waals surface area contributed by atoms with Crippen LogP contribution in [0.5, 0.6) is 11.6 Å². The van der Waals surface area contributed by atoms with Crippen molar-refractivity contribution >= 4 is 11.9 Å². The standard InChI is InChI=1S/C17H21N3O2S/c1-23-20-10-14-6-4-13(5-7-14)9-18-11-15-12-21-16-3-2-8-19-17(16)22-15/h2-8,15,18,20H,9-12H2,1H3/t15-/m0/s1. The predicted molar refractivity (Wildman–Crippen MR) is 92.7 cm³/mol. The number of benzene rings is 1. The molecule has 0 radical (unpaired) electrons. The summed E-state index contributed by atoms with van der Waals surface area (Å²) < 4.78 is 14.7. The van der Waals surface area contributed by atoms with Gasteiger partial charge in [-0.3, -0.25) is 4.72 Å². The van der Waals surface area contributed by atoms with Crippen LogP contribution in [0, 0.1) is 0 Å². The highest BCUT2D eigenvalue weighted by molar-refractivity contribution is 7.96. The first kappa shape index (κ1) is 16.1. The summed E-state index contributed by atoms with van der Waals surface area (Å²) in [7, 11) is 0. The van der Waals surface area contributed by atoms with E-state index in [1.54, 1.807) is 18.1 Å². The van der Waals surface area contributed by atoms with Gasteiger partial charge in [-0.05, 0) is 29.5 Å². The first-order chi connectivity index (χ1) is 11.3. The summed E-state index contributed by atoms with van der Waals surface area (Å²) in [6, 6.07) is 12.3. The third-order valence-corrected chi connectivity index (χ3v) is 4.02. The van der Waals surface area contributed by atoms with Crippen LogP contribution in [0.3, 0.4) is 0 Å². The van der Waals surface area contributed by atoms with Crippen molar-refractivity contribution < 1.29 is 9.47 Å². The second-order valence-corrected chi connectivity index (χ2v) is 6.03. The highest BCUT2D eigenvalue weighted by Crippen LogP contribution is 2.27. The summed E-state index contributed by atoms with van der Waals surface area (Å²) in [6.45, 7) is 2.97. The second-order valence-electron chi connectivity index (χ2n) is 5.33. The molecule has 0 spiro atoms. The van der Waals surface area contributed by atoms with Crippen LogP contribution in [0.4, 0.5) is 0 Å². The Morgan fingerprint density at radius 2 is 1.96 bits per heavy atom. The van der Waals surface area contributed by atoms with E-state index in [-0.39, 0.29) is 6.10 Å². The predicted octanol–water partition coefficient (Wildman–Crippen LogP) is 2.38. The molecule has 0 aliphatic carbocycles. The van der Waals surface area contributed by atoms with E-state index in [9.17, 15) is 0 Å². The van der Waals surface area contributed by atoms with Crippen molar-refractivity contribution in [3.05, 3.63) is 53.7 Å². The second kappa shape index (κ2) is 8.19. The number of nitrogens with one attached hydrogen (secondary N) is 2. The number of rotatable bonds is 7. The van der Waals surface area contributed by atoms with E-state index in [2.05, 4.69) is 39.3 Å². The van der Waals surface area contributed by atoms with E-state index in [1.807, 2.05) is 18.4 Å². The quantitative estimate of drug-likeness (QED) is 0.760. The number of aromatic nitrogens is 1. The smallest absolute Gasteiger partial charge is 0.257 e. The Balaban J connectivity index is 1.43. The topological polar surface area (TPSA) is 55.4 Å². The number of ether oxygens (including phenoxy) is 2. The number of hydrogen-bond donors (Lipinski definition) is 2. The van der Waals surface area contributed by atoms with E-state index in [1.165, 1.54) is 11.1 Å². The fourth-order valence-electron chi connectivity index (χ4n) is 2.36. The largest absolute Gasteiger partial charge is 0.484 e. The zero-order valence-electron chi connectivity index (χ0n) is 13.1. The highest BCUT2D eigenvalue weighted by atomic mass is 32.2. The summed E-state index contributed by atoms with van der Waals surface area (Å²) in [5.74, 6) is 1.30. The molecule has 2 N–H and O–H groups in total. The Hall–Kier alpha value is -1.76. The summed E-state index contributed by atoms with van der Waals surface area (Å²) >= 11 is 1.63. The third-order valence-electron chi connectivity index (χ3n) is 3.58. The molecule has 2 aromatic rings. The lowest BCUT2D eigenvalue weighted by molar-refractivity contribution is 0.0843. The van der Waals surface area contributed by atoms with Crippen molar-refractivity contribution in [2.45, 2.75) is 19.2 Å². The molecule has 6 heteroatoms. The van der Waals surface area contributed by atoms with Crippen molar-refractivity contribution in [3.8, 4) is 11.6 Å². The first-order valence-corrected chi connectivity index (χ1v) is 8.86. The molecule has 5 nitrogen and oxygen atoms in total. The average Bonchev–Trinajstić information content (AvgIpc) is 2.61. The molecular weight excluding hydrogens is 310 g/mol. The lowest BCUT2D eigenvalue weighted by atomic mass is 10.1. The van der Waals surface area contributed by atoms with E-state index in [4.69, 9.17) is 9.47 Å². The Labute approximate surface area is 140 Å². The highest BCUT2D eigenvalue weighted by Gasteiger charge is 2.21. The van der Waals surface area contributed by atoms with E-state index >= 15 is 0 Å². The molecular formula is C17H21N3O2S. The SMILES string of the molecule is CSNCc1ccc(CNC[C@H]2COc3cccnc3O2)cc1. The molecule has 1 aliphatic heterocycles. The molecule has 2 heterocycles. The minimum absolute atomic E-state index is 0.0116. The molecule has 0 bridgehead atoms. The number of fused-ring (bicyclic) bond motifs is 1. The molecule has 122 valence electrons. The molecule has 1 atom stereocenters. The number of nitrogens with zero attached hydrogens (tertiary/aromatic N) is 1. The van der Waals surface area contributed by atoms with Gasteiger partial charge >= 0.3 is 0 Å². The summed E-state index contributed by atoms with van der Waals surface area (Å²) in [6.07, 6.45) is 3.73. The van der Waals surface area contributed by atoms with Crippen LogP contribution in [-0.4, -0.2) is 30.5 Å². The molecule has 0 saturated heterocycles. The van der Waals surface area contributed by atoms with Crippen LogP contribution in [-0.2, 0) is 13.1 Å². The normalized spacial score (nSPS) is 16.3. The van der Waals surface area contributed by atoms with E-state index < -0.39 is 0 Å². The summed E-state index contributed by atoms with van der Waals surface area (Å²) in [5, 5.41) is 3.41. The first-order valence-electron chi connectivity index (χ1n) is 7.64. The maximum Gasteiger partial charge on any atom is 0.257 e. The maximum absolute atomic E-state index is 5.82. The van der Waals surface area contributed by atoms with Gasteiger partial charge < -0.3 is 14.8 Å². The fourth-order valence-corrected chi connectivity index (χ4v) is 2.67. The van der Waals surface area contributed by atoms with Gasteiger partial charge in [-0.25, -0.2) is 4.98 Å². The molecule has 0 unspecified atom stereocenters. The maximum atomic E-state index is 5.82. The zero-order chi connectivity index (χ0) is 15.9. The van der Waals surface area contributed by atoms with Crippen LogP contribution in [0.2, 0.25) is 0 Å². The number of hydrogen-bond acceptors (Lipinski definition) is 6. The molecule has 3 rings (SSSR count). The van der Waals surface area contributed by atoms with Gasteiger partial charge in [-0.15, -0.1) is 0 Å². The molecule has 0 fully saturated rings. The monoisotopic (exact) mass is 331 g/mol. The lowest BCUT2D eigenvalue weighted by Gasteiger charge is -2.25. The van der Waals surface area contributed by atoms with E-state index in [0.717, 1.165) is 25.4 Å². The van der Waals surface area contributed by atoms with Crippen LogP contribution in [0.1, 0.15) is 11.1 Å². The van der Waals surface area contributed by atoms with Gasteiger partial charge in [0, 0.05) is 25.8 Å². The Morgan fingerprint density at radius 1 is 1.17 bits per heavy atom. The van der Waals surface area contributed by atoms with Gasteiger partial charge in [0.25, 0.3) is 5.88 Å².